The smallest absolute Gasteiger partial charge is 0.223 e. The second kappa shape index (κ2) is 7.93. The number of ether oxygens (including phenoxy) is 2. The standard InChI is InChI=1S/C23H27N3O3/c27-23(26-11-9-25(10-12-26)22-3-1-2-8-24-22)16-19(17-4-5-17)18-6-7-20-21(15-18)29-14-13-28-20/h1-3,6-8,15,17,19H,4-5,9-14,16H2. The van der Waals surface area contributed by atoms with Crippen molar-refractivity contribution in [3.63, 3.8) is 0 Å². The average Bonchev–Trinajstić information content (AvgIpc) is 3.63. The number of aromatic nitrogens is 1. The van der Waals surface area contributed by atoms with Gasteiger partial charge in [-0.3, -0.25) is 4.79 Å². The largest absolute Gasteiger partial charge is 0.486 e. The van der Waals surface area contributed by atoms with Gasteiger partial charge in [-0.2, -0.15) is 0 Å². The molecule has 2 fully saturated rings. The fourth-order valence-corrected chi connectivity index (χ4v) is 4.39. The van der Waals surface area contributed by atoms with Gasteiger partial charge in [0.2, 0.25) is 5.91 Å². The van der Waals surface area contributed by atoms with Crippen LogP contribution in [0.15, 0.2) is 42.6 Å². The predicted molar refractivity (Wildman–Crippen MR) is 111 cm³/mol. The topological polar surface area (TPSA) is 54.9 Å². The lowest BCUT2D eigenvalue weighted by molar-refractivity contribution is -0.132. The first-order valence-electron chi connectivity index (χ1n) is 10.6. The van der Waals surface area contributed by atoms with Crippen molar-refractivity contribution < 1.29 is 14.3 Å². The molecule has 1 atom stereocenters. The van der Waals surface area contributed by atoms with E-state index in [1.54, 1.807) is 0 Å². The maximum atomic E-state index is 13.1. The maximum Gasteiger partial charge on any atom is 0.223 e. The van der Waals surface area contributed by atoms with E-state index in [1.807, 2.05) is 35.4 Å². The third-order valence-corrected chi connectivity index (χ3v) is 6.19. The Morgan fingerprint density at radius 1 is 1.03 bits per heavy atom. The van der Waals surface area contributed by atoms with Crippen molar-refractivity contribution in [1.29, 1.82) is 0 Å². The van der Waals surface area contributed by atoms with Crippen LogP contribution in [0.4, 0.5) is 5.82 Å². The van der Waals surface area contributed by atoms with Crippen LogP contribution in [-0.4, -0.2) is 55.2 Å². The fraction of sp³-hybridized carbons (Fsp3) is 0.478. The van der Waals surface area contributed by atoms with Crippen LogP contribution in [0.25, 0.3) is 0 Å². The number of piperazine rings is 1. The normalized spacial score (nSPS) is 19.7. The summed E-state index contributed by atoms with van der Waals surface area (Å²) in [4.78, 5) is 21.8. The fourth-order valence-electron chi connectivity index (χ4n) is 4.39. The Kier molecular flexibility index (Phi) is 5.00. The van der Waals surface area contributed by atoms with Gasteiger partial charge in [0, 0.05) is 38.8 Å². The third kappa shape index (κ3) is 4.02. The number of nitrogens with zero attached hydrogens (tertiary/aromatic N) is 3. The first-order valence-corrected chi connectivity index (χ1v) is 10.6. The maximum absolute atomic E-state index is 13.1. The summed E-state index contributed by atoms with van der Waals surface area (Å²) >= 11 is 0. The molecular weight excluding hydrogens is 366 g/mol. The highest BCUT2D eigenvalue weighted by Crippen LogP contribution is 2.46. The molecular formula is C23H27N3O3. The zero-order valence-electron chi connectivity index (χ0n) is 16.6. The molecule has 1 unspecified atom stereocenters. The molecule has 1 amide bonds. The van der Waals surface area contributed by atoms with Gasteiger partial charge >= 0.3 is 0 Å². The second-order valence-corrected chi connectivity index (χ2v) is 8.11. The lowest BCUT2D eigenvalue weighted by Gasteiger charge is -2.36. The predicted octanol–water partition coefficient (Wildman–Crippen LogP) is 3.09. The van der Waals surface area contributed by atoms with Crippen molar-refractivity contribution in [3.8, 4) is 11.5 Å². The minimum absolute atomic E-state index is 0.262. The third-order valence-electron chi connectivity index (χ3n) is 6.19. The van der Waals surface area contributed by atoms with Gasteiger partial charge in [0.1, 0.15) is 19.0 Å². The molecule has 3 aliphatic rings. The van der Waals surface area contributed by atoms with Crippen LogP contribution in [0.5, 0.6) is 11.5 Å². The number of hydrogen-bond acceptors (Lipinski definition) is 5. The first-order chi connectivity index (χ1) is 14.3. The Labute approximate surface area is 171 Å². The lowest BCUT2D eigenvalue weighted by atomic mass is 9.90. The summed E-state index contributed by atoms with van der Waals surface area (Å²) in [5, 5.41) is 0. The van der Waals surface area contributed by atoms with Crippen LogP contribution < -0.4 is 14.4 Å². The molecule has 6 heteroatoms. The Morgan fingerprint density at radius 3 is 2.55 bits per heavy atom. The van der Waals surface area contributed by atoms with E-state index >= 15 is 0 Å². The molecule has 152 valence electrons. The van der Waals surface area contributed by atoms with Gasteiger partial charge in [-0.15, -0.1) is 0 Å². The minimum atomic E-state index is 0.262. The minimum Gasteiger partial charge on any atom is -0.486 e. The van der Waals surface area contributed by atoms with Gasteiger partial charge in [0.25, 0.3) is 0 Å². The number of amides is 1. The van der Waals surface area contributed by atoms with Crippen LogP contribution in [0.1, 0.15) is 30.7 Å². The molecule has 2 aromatic rings. The van der Waals surface area contributed by atoms with Crippen LogP contribution in [-0.2, 0) is 4.79 Å². The van der Waals surface area contributed by atoms with Crippen LogP contribution in [0, 0.1) is 5.92 Å². The SMILES string of the molecule is O=C(CC(c1ccc2c(c1)OCCO2)C1CC1)N1CCN(c2ccccn2)CC1. The van der Waals surface area contributed by atoms with E-state index < -0.39 is 0 Å². The Bertz CT molecular complexity index is 861. The molecule has 0 bridgehead atoms. The first kappa shape index (κ1) is 18.3. The molecule has 1 saturated carbocycles. The summed E-state index contributed by atoms with van der Waals surface area (Å²) in [7, 11) is 0. The van der Waals surface area contributed by atoms with E-state index in [2.05, 4.69) is 22.0 Å². The van der Waals surface area contributed by atoms with E-state index in [0.717, 1.165) is 43.5 Å². The monoisotopic (exact) mass is 393 g/mol. The van der Waals surface area contributed by atoms with Gasteiger partial charge in [-0.25, -0.2) is 4.98 Å². The highest BCUT2D eigenvalue weighted by molar-refractivity contribution is 5.77. The average molecular weight is 393 g/mol. The number of pyridine rings is 1. The van der Waals surface area contributed by atoms with Crippen molar-refractivity contribution in [2.24, 2.45) is 5.92 Å². The van der Waals surface area contributed by atoms with E-state index in [9.17, 15) is 4.79 Å². The molecule has 2 aliphatic heterocycles. The van der Waals surface area contributed by atoms with Crippen molar-refractivity contribution in [2.75, 3.05) is 44.3 Å². The molecule has 0 radical (unpaired) electrons. The van der Waals surface area contributed by atoms with Crippen LogP contribution in [0.2, 0.25) is 0 Å². The molecule has 0 N–H and O–H groups in total. The summed E-state index contributed by atoms with van der Waals surface area (Å²) < 4.78 is 11.4. The van der Waals surface area contributed by atoms with E-state index in [-0.39, 0.29) is 11.8 Å². The van der Waals surface area contributed by atoms with Crippen LogP contribution in [0.3, 0.4) is 0 Å². The zero-order chi connectivity index (χ0) is 19.6. The van der Waals surface area contributed by atoms with Gasteiger partial charge < -0.3 is 19.3 Å². The highest BCUT2D eigenvalue weighted by atomic mass is 16.6. The molecule has 29 heavy (non-hydrogen) atoms. The quantitative estimate of drug-likeness (QED) is 0.781. The van der Waals surface area contributed by atoms with Crippen molar-refractivity contribution in [1.82, 2.24) is 9.88 Å². The van der Waals surface area contributed by atoms with Crippen molar-refractivity contribution in [3.05, 3.63) is 48.2 Å². The summed E-state index contributed by atoms with van der Waals surface area (Å²) in [6.45, 7) is 4.37. The number of carbonyl (C=O) groups excluding carboxylic acids is 1. The van der Waals surface area contributed by atoms with Crippen molar-refractivity contribution >= 4 is 11.7 Å². The second-order valence-electron chi connectivity index (χ2n) is 8.11. The Morgan fingerprint density at radius 2 is 1.83 bits per heavy atom. The number of benzene rings is 1. The van der Waals surface area contributed by atoms with Crippen molar-refractivity contribution in [2.45, 2.75) is 25.2 Å². The van der Waals surface area contributed by atoms with Gasteiger partial charge in [0.05, 0.1) is 0 Å². The molecule has 1 saturated heterocycles. The summed E-state index contributed by atoms with van der Waals surface area (Å²) in [6, 6.07) is 12.2. The number of hydrogen-bond donors (Lipinski definition) is 0. The summed E-state index contributed by atoms with van der Waals surface area (Å²) in [5.74, 6) is 3.76. The highest BCUT2D eigenvalue weighted by Gasteiger charge is 2.35. The van der Waals surface area contributed by atoms with E-state index in [1.165, 1.54) is 18.4 Å². The molecule has 3 heterocycles. The number of rotatable bonds is 5. The number of carbonyl (C=O) groups is 1. The summed E-state index contributed by atoms with van der Waals surface area (Å²) in [5.41, 5.74) is 1.21. The Balaban J connectivity index is 1.23. The molecule has 5 rings (SSSR count). The van der Waals surface area contributed by atoms with Gasteiger partial charge in [0.15, 0.2) is 11.5 Å². The molecule has 6 nitrogen and oxygen atoms in total. The lowest BCUT2D eigenvalue weighted by Crippen LogP contribution is -2.49. The zero-order valence-corrected chi connectivity index (χ0v) is 16.6. The number of fused-ring (bicyclic) bond motifs is 1. The van der Waals surface area contributed by atoms with E-state index in [0.29, 0.717) is 25.6 Å². The molecule has 0 spiro atoms. The molecule has 1 aliphatic carbocycles. The molecule has 1 aromatic carbocycles. The van der Waals surface area contributed by atoms with E-state index in [4.69, 9.17) is 9.47 Å². The number of anilines is 1. The van der Waals surface area contributed by atoms with Crippen LogP contribution >= 0.6 is 0 Å². The van der Waals surface area contributed by atoms with Gasteiger partial charge in [-0.05, 0) is 54.5 Å². The Hall–Kier alpha value is -2.76. The summed E-state index contributed by atoms with van der Waals surface area (Å²) in [6.07, 6.45) is 4.81. The van der Waals surface area contributed by atoms with Gasteiger partial charge in [-0.1, -0.05) is 12.1 Å². The molecule has 1 aromatic heterocycles.